The highest BCUT2D eigenvalue weighted by Gasteiger charge is 2.39. The minimum atomic E-state index is -5.11. The number of ether oxygens (including phenoxy) is 1. The largest absolute Gasteiger partial charge is 0.496 e. The third-order valence-corrected chi connectivity index (χ3v) is 3.66. The van der Waals surface area contributed by atoms with Crippen LogP contribution in [0.25, 0.3) is 5.57 Å². The van der Waals surface area contributed by atoms with Crippen molar-refractivity contribution in [2.45, 2.75) is 26.9 Å². The number of nitrogens with one attached hydrogen (secondary N) is 1. The maximum atomic E-state index is 12.4. The van der Waals surface area contributed by atoms with Crippen LogP contribution in [0.3, 0.4) is 0 Å². The first-order valence-corrected chi connectivity index (χ1v) is 7.82. The van der Waals surface area contributed by atoms with E-state index in [1.807, 2.05) is 0 Å². The number of carbonyl (C=O) groups excluding carboxylic acids is 1. The van der Waals surface area contributed by atoms with Gasteiger partial charge in [0.2, 0.25) is 0 Å². The Balaban J connectivity index is 3.58. The first kappa shape index (κ1) is 21.8. The minimum absolute atomic E-state index is 0.201. The van der Waals surface area contributed by atoms with E-state index in [1.165, 1.54) is 25.3 Å². The second-order valence-electron chi connectivity index (χ2n) is 6.43. The fourth-order valence-electron chi connectivity index (χ4n) is 2.43. The van der Waals surface area contributed by atoms with Gasteiger partial charge in [0.25, 0.3) is 0 Å². The number of carbonyl (C=O) groups is 2. The van der Waals surface area contributed by atoms with Gasteiger partial charge in [-0.05, 0) is 29.2 Å². The van der Waals surface area contributed by atoms with Gasteiger partial charge in [0, 0.05) is 10.6 Å². The van der Waals surface area contributed by atoms with Crippen LogP contribution in [0.2, 0.25) is 5.02 Å². The SMILES string of the molecule is COc1ccc(Cl)cc1C(=C(CNC(=O)C(F)(F)F)C(=O)O)C(C)(C)C. The first-order valence-electron chi connectivity index (χ1n) is 7.45. The van der Waals surface area contributed by atoms with Gasteiger partial charge in [0.1, 0.15) is 5.75 Å². The van der Waals surface area contributed by atoms with Crippen LogP contribution in [0.1, 0.15) is 26.3 Å². The molecule has 1 aromatic rings. The van der Waals surface area contributed by atoms with Gasteiger partial charge < -0.3 is 15.2 Å². The van der Waals surface area contributed by atoms with Crippen LogP contribution < -0.4 is 10.1 Å². The van der Waals surface area contributed by atoms with E-state index in [9.17, 15) is 27.9 Å². The van der Waals surface area contributed by atoms with Gasteiger partial charge in [-0.3, -0.25) is 4.79 Å². The van der Waals surface area contributed by atoms with Crippen molar-refractivity contribution in [2.24, 2.45) is 5.41 Å². The van der Waals surface area contributed by atoms with Crippen LogP contribution in [0, 0.1) is 5.41 Å². The van der Waals surface area contributed by atoms with Crippen molar-refractivity contribution in [3.05, 3.63) is 34.4 Å². The summed E-state index contributed by atoms with van der Waals surface area (Å²) in [5.74, 6) is -3.37. The molecule has 5 nitrogen and oxygen atoms in total. The summed E-state index contributed by atoms with van der Waals surface area (Å²) in [6, 6.07) is 4.53. The number of methoxy groups -OCH3 is 1. The second kappa shape index (κ2) is 7.99. The Bertz CT molecular complexity index is 737. The van der Waals surface area contributed by atoms with Crippen molar-refractivity contribution in [1.29, 1.82) is 0 Å². The van der Waals surface area contributed by atoms with Crippen molar-refractivity contribution in [3.63, 3.8) is 0 Å². The zero-order valence-corrected chi connectivity index (χ0v) is 15.4. The highest BCUT2D eigenvalue weighted by Crippen LogP contribution is 2.41. The van der Waals surface area contributed by atoms with E-state index in [-0.39, 0.29) is 5.57 Å². The summed E-state index contributed by atoms with van der Waals surface area (Å²) in [5, 5.41) is 11.5. The number of hydrogen-bond donors (Lipinski definition) is 2. The van der Waals surface area contributed by atoms with Crippen molar-refractivity contribution in [2.75, 3.05) is 13.7 Å². The van der Waals surface area contributed by atoms with Gasteiger partial charge >= 0.3 is 18.1 Å². The Morgan fingerprint density at radius 1 is 1.23 bits per heavy atom. The molecule has 0 unspecified atom stereocenters. The van der Waals surface area contributed by atoms with Crippen LogP contribution in [0.5, 0.6) is 5.75 Å². The summed E-state index contributed by atoms with van der Waals surface area (Å²) < 4.78 is 42.5. The monoisotopic (exact) mass is 393 g/mol. The lowest BCUT2D eigenvalue weighted by Gasteiger charge is -2.27. The Morgan fingerprint density at radius 2 is 1.81 bits per heavy atom. The number of halogens is 4. The average molecular weight is 394 g/mol. The van der Waals surface area contributed by atoms with Crippen molar-refractivity contribution < 1.29 is 32.6 Å². The third-order valence-electron chi connectivity index (χ3n) is 3.42. The first-order chi connectivity index (χ1) is 11.8. The van der Waals surface area contributed by atoms with E-state index >= 15 is 0 Å². The average Bonchev–Trinajstić information content (AvgIpc) is 2.48. The number of allylic oxidation sites excluding steroid dienone is 1. The molecule has 0 saturated carbocycles. The van der Waals surface area contributed by atoms with Gasteiger partial charge in [0.15, 0.2) is 0 Å². The van der Waals surface area contributed by atoms with Crippen molar-refractivity contribution in [1.82, 2.24) is 5.32 Å². The summed E-state index contributed by atoms with van der Waals surface area (Å²) in [6.07, 6.45) is -5.11. The molecule has 0 fully saturated rings. The smallest absolute Gasteiger partial charge is 0.471 e. The summed E-state index contributed by atoms with van der Waals surface area (Å²) in [7, 11) is 1.37. The Morgan fingerprint density at radius 3 is 2.23 bits per heavy atom. The molecule has 0 bridgehead atoms. The van der Waals surface area contributed by atoms with Crippen LogP contribution in [-0.2, 0) is 9.59 Å². The Hall–Kier alpha value is -2.22. The molecule has 0 aliphatic heterocycles. The predicted molar refractivity (Wildman–Crippen MR) is 91.1 cm³/mol. The van der Waals surface area contributed by atoms with E-state index in [2.05, 4.69) is 0 Å². The molecule has 0 aromatic heterocycles. The molecule has 0 aliphatic carbocycles. The standard InChI is InChI=1S/C17H19ClF3NO4/c1-16(2,3)13(10-7-9(18)5-6-12(10)26-4)11(14(23)24)8-22-15(25)17(19,20)21/h5-7H,8H2,1-4H3,(H,22,25)(H,23,24). The van der Waals surface area contributed by atoms with Gasteiger partial charge in [0.05, 0.1) is 19.2 Å². The van der Waals surface area contributed by atoms with Crippen LogP contribution in [0.4, 0.5) is 13.2 Å². The fourth-order valence-corrected chi connectivity index (χ4v) is 2.61. The van der Waals surface area contributed by atoms with E-state index < -0.39 is 35.6 Å². The maximum absolute atomic E-state index is 12.4. The molecule has 0 atom stereocenters. The summed E-state index contributed by atoms with van der Waals surface area (Å²) in [5.41, 5.74) is -0.664. The number of aliphatic carboxylic acids is 1. The molecule has 1 aromatic carbocycles. The number of carboxylic acids is 1. The topological polar surface area (TPSA) is 75.6 Å². The molecule has 26 heavy (non-hydrogen) atoms. The highest BCUT2D eigenvalue weighted by atomic mass is 35.5. The maximum Gasteiger partial charge on any atom is 0.471 e. The number of amides is 1. The quantitative estimate of drug-likeness (QED) is 0.744. The molecule has 2 N–H and O–H groups in total. The number of rotatable bonds is 5. The molecule has 0 aliphatic rings. The zero-order chi connectivity index (χ0) is 20.3. The summed E-state index contributed by atoms with van der Waals surface area (Å²) in [6.45, 7) is 4.27. The van der Waals surface area contributed by atoms with Crippen molar-refractivity contribution in [3.8, 4) is 5.75 Å². The van der Waals surface area contributed by atoms with E-state index in [4.69, 9.17) is 16.3 Å². The van der Waals surface area contributed by atoms with Crippen LogP contribution in [0.15, 0.2) is 23.8 Å². The minimum Gasteiger partial charge on any atom is -0.496 e. The molecular formula is C17H19ClF3NO4. The molecule has 144 valence electrons. The third kappa shape index (κ3) is 5.39. The molecule has 0 heterocycles. The lowest BCUT2D eigenvalue weighted by molar-refractivity contribution is -0.173. The number of alkyl halides is 3. The normalized spacial score (nSPS) is 13.1. The van der Waals surface area contributed by atoms with Crippen LogP contribution in [-0.4, -0.2) is 36.8 Å². The van der Waals surface area contributed by atoms with Crippen LogP contribution >= 0.6 is 11.6 Å². The van der Waals surface area contributed by atoms with Gasteiger partial charge in [-0.1, -0.05) is 32.4 Å². The van der Waals surface area contributed by atoms with Gasteiger partial charge in [-0.15, -0.1) is 0 Å². The Kier molecular flexibility index (Phi) is 6.70. The molecule has 1 rings (SSSR count). The van der Waals surface area contributed by atoms with E-state index in [1.54, 1.807) is 26.1 Å². The zero-order valence-electron chi connectivity index (χ0n) is 14.6. The lowest BCUT2D eigenvalue weighted by atomic mass is 9.78. The summed E-state index contributed by atoms with van der Waals surface area (Å²) in [4.78, 5) is 22.8. The predicted octanol–water partition coefficient (Wildman–Crippen LogP) is 3.91. The molecule has 0 spiro atoms. The highest BCUT2D eigenvalue weighted by molar-refractivity contribution is 6.30. The summed E-state index contributed by atoms with van der Waals surface area (Å²) >= 11 is 6.00. The fraction of sp³-hybridized carbons (Fsp3) is 0.412. The van der Waals surface area contributed by atoms with Crippen molar-refractivity contribution >= 4 is 29.1 Å². The number of carboxylic acid groups (broad SMARTS) is 1. The van der Waals surface area contributed by atoms with E-state index in [0.29, 0.717) is 16.3 Å². The molecule has 1 amide bonds. The van der Waals surface area contributed by atoms with Gasteiger partial charge in [-0.2, -0.15) is 13.2 Å². The molecule has 0 radical (unpaired) electrons. The number of benzene rings is 1. The van der Waals surface area contributed by atoms with E-state index in [0.717, 1.165) is 0 Å². The number of hydrogen-bond acceptors (Lipinski definition) is 3. The molecular weight excluding hydrogens is 375 g/mol. The Labute approximate surface area is 153 Å². The second-order valence-corrected chi connectivity index (χ2v) is 6.87. The molecule has 0 saturated heterocycles. The molecule has 9 heteroatoms. The lowest BCUT2D eigenvalue weighted by Crippen LogP contribution is -2.39. The van der Waals surface area contributed by atoms with Gasteiger partial charge in [-0.25, -0.2) is 4.79 Å².